The molecule has 0 aromatic heterocycles. The molecule has 10 nitrogen and oxygen atoms in total. The molecule has 1 saturated heterocycles. The molecule has 1 heterocycles. The van der Waals surface area contributed by atoms with Crippen LogP contribution < -0.4 is 15.8 Å². The predicted octanol–water partition coefficient (Wildman–Crippen LogP) is 6.01. The van der Waals surface area contributed by atoms with Crippen molar-refractivity contribution in [3.8, 4) is 0 Å². The molecule has 0 unspecified atom stereocenters. The Labute approximate surface area is 310 Å². The predicted molar refractivity (Wildman–Crippen MR) is 201 cm³/mol. The second-order valence-corrected chi connectivity index (χ2v) is 20.0. The van der Waals surface area contributed by atoms with Crippen LogP contribution in [0.4, 0.5) is 5.69 Å². The number of anilines is 1. The summed E-state index contributed by atoms with van der Waals surface area (Å²) in [6.45, 7) is 14.7. The summed E-state index contributed by atoms with van der Waals surface area (Å²) in [7, 11) is -2.66. The molecule has 2 spiro atoms. The van der Waals surface area contributed by atoms with Gasteiger partial charge >= 0.3 is 0 Å². The van der Waals surface area contributed by atoms with Crippen LogP contribution in [0.3, 0.4) is 0 Å². The lowest BCUT2D eigenvalue weighted by Gasteiger charge is -2.36. The molecule has 0 bridgehead atoms. The van der Waals surface area contributed by atoms with E-state index in [2.05, 4.69) is 30.5 Å². The number of amides is 2. The lowest BCUT2D eigenvalue weighted by atomic mass is 9.73. The van der Waals surface area contributed by atoms with Crippen LogP contribution in [0.2, 0.25) is 0 Å². The molecule has 2 amide bonds. The average Bonchev–Trinajstić information content (AvgIpc) is 3.81. The van der Waals surface area contributed by atoms with Crippen molar-refractivity contribution in [3.63, 3.8) is 0 Å². The highest BCUT2D eigenvalue weighted by molar-refractivity contribution is 7.90. The van der Waals surface area contributed by atoms with Crippen LogP contribution in [0, 0.1) is 44.8 Å². The molecule has 1 aliphatic heterocycles. The number of nitrogens with zero attached hydrogens (tertiary/aromatic N) is 1. The minimum absolute atomic E-state index is 0.0236. The van der Waals surface area contributed by atoms with E-state index >= 15 is 0 Å². The minimum atomic E-state index is -4.26. The largest absolute Gasteiger partial charge is 0.387 e. The van der Waals surface area contributed by atoms with E-state index in [1.807, 2.05) is 20.8 Å². The van der Waals surface area contributed by atoms with Gasteiger partial charge in [0.15, 0.2) is 11.6 Å². The van der Waals surface area contributed by atoms with Gasteiger partial charge in [-0.05, 0) is 78.7 Å². The molecule has 5 aliphatic rings. The number of hydrogen-bond donors (Lipinski definition) is 3. The van der Waals surface area contributed by atoms with Crippen molar-refractivity contribution in [1.82, 2.24) is 9.62 Å². The summed E-state index contributed by atoms with van der Waals surface area (Å²) in [5.74, 6) is -2.21. The maximum absolute atomic E-state index is 14.9. The van der Waals surface area contributed by atoms with Gasteiger partial charge in [0.1, 0.15) is 4.90 Å². The van der Waals surface area contributed by atoms with Crippen molar-refractivity contribution in [1.29, 1.82) is 0 Å². The number of carbonyl (C=O) groups is 4. The maximum Gasteiger partial charge on any atom is 0.266 e. The number of fused-ring (bicyclic) bond motifs is 1. The first-order valence-corrected chi connectivity index (χ1v) is 20.9. The number of likely N-dealkylation sites (tertiary alicyclic amines) is 1. The fraction of sp³-hybridized carbons (Fsp3) is 0.707. The van der Waals surface area contributed by atoms with Crippen LogP contribution in [-0.4, -0.2) is 62.4 Å². The summed E-state index contributed by atoms with van der Waals surface area (Å²) in [6.07, 6.45) is 10.6. The quantitative estimate of drug-likeness (QED) is 0.208. The zero-order chi connectivity index (χ0) is 38.1. The fourth-order valence-corrected chi connectivity index (χ4v) is 12.3. The number of ketones is 2. The molecule has 6 atom stereocenters. The van der Waals surface area contributed by atoms with Gasteiger partial charge in [0.25, 0.3) is 10.0 Å². The normalized spacial score (nSPS) is 30.2. The molecular formula is C41H60N4O6S. The molecule has 4 saturated carbocycles. The van der Waals surface area contributed by atoms with Crippen molar-refractivity contribution in [2.24, 2.45) is 50.6 Å². The highest BCUT2D eigenvalue weighted by atomic mass is 32.2. The van der Waals surface area contributed by atoms with E-state index in [1.54, 1.807) is 36.2 Å². The van der Waals surface area contributed by atoms with Crippen molar-refractivity contribution in [2.75, 3.05) is 18.9 Å². The van der Waals surface area contributed by atoms with Gasteiger partial charge in [0.2, 0.25) is 11.8 Å². The Bertz CT molecular complexity index is 1740. The highest BCUT2D eigenvalue weighted by Gasteiger charge is 2.85. The number of para-hydroxylation sites is 1. The Kier molecular flexibility index (Phi) is 9.93. The SMILES string of the molecule is C=C[C@@H]1C[C@]1(CC(=O)[C@@H]1C[C@@]2(CN1C(=O)[C@@H](CC(=O)[C@@H](N)C1CCCCC1)C(C)(C)C)C(C)(C)C21CCC1)C(=O)NS(=O)(=O)c1ccccc1NC. The summed E-state index contributed by atoms with van der Waals surface area (Å²) in [5.41, 5.74) is 4.80. The first-order chi connectivity index (χ1) is 24.3. The lowest BCUT2D eigenvalue weighted by molar-refractivity contribution is -0.146. The monoisotopic (exact) mass is 736 g/mol. The van der Waals surface area contributed by atoms with Gasteiger partial charge in [-0.25, -0.2) is 13.1 Å². The zero-order valence-corrected chi connectivity index (χ0v) is 32.9. The average molecular weight is 737 g/mol. The van der Waals surface area contributed by atoms with Crippen LogP contribution in [0.5, 0.6) is 0 Å². The van der Waals surface area contributed by atoms with E-state index in [-0.39, 0.29) is 69.7 Å². The molecule has 0 radical (unpaired) electrons. The number of benzene rings is 1. The van der Waals surface area contributed by atoms with Crippen molar-refractivity contribution >= 4 is 39.1 Å². The van der Waals surface area contributed by atoms with Crippen LogP contribution in [0.25, 0.3) is 0 Å². The molecule has 286 valence electrons. The van der Waals surface area contributed by atoms with E-state index in [0.717, 1.165) is 51.4 Å². The van der Waals surface area contributed by atoms with Crippen LogP contribution >= 0.6 is 0 Å². The summed E-state index contributed by atoms with van der Waals surface area (Å²) < 4.78 is 29.2. The smallest absolute Gasteiger partial charge is 0.266 e. The van der Waals surface area contributed by atoms with E-state index in [4.69, 9.17) is 5.73 Å². The summed E-state index contributed by atoms with van der Waals surface area (Å²) >= 11 is 0. The number of sulfonamides is 1. The second kappa shape index (κ2) is 13.4. The molecule has 1 aromatic rings. The van der Waals surface area contributed by atoms with Gasteiger partial charge in [0.05, 0.1) is 23.2 Å². The van der Waals surface area contributed by atoms with Crippen molar-refractivity contribution < 1.29 is 27.6 Å². The second-order valence-electron chi connectivity index (χ2n) is 18.4. The van der Waals surface area contributed by atoms with E-state index in [9.17, 15) is 27.6 Å². The highest BCUT2D eigenvalue weighted by Crippen LogP contribution is 2.88. The number of hydrogen-bond acceptors (Lipinski definition) is 8. The molecule has 4 N–H and O–H groups in total. The Morgan fingerprint density at radius 3 is 2.21 bits per heavy atom. The van der Waals surface area contributed by atoms with Crippen LogP contribution in [-0.2, 0) is 29.2 Å². The number of rotatable bonds is 13. The number of allylic oxidation sites excluding steroid dienone is 1. The van der Waals surface area contributed by atoms with Gasteiger partial charge in [0, 0.05) is 37.8 Å². The molecular weight excluding hydrogens is 677 g/mol. The van der Waals surface area contributed by atoms with E-state index in [1.165, 1.54) is 6.07 Å². The Balaban J connectivity index is 1.28. The van der Waals surface area contributed by atoms with Gasteiger partial charge in [-0.15, -0.1) is 6.58 Å². The molecule has 4 aliphatic carbocycles. The van der Waals surface area contributed by atoms with E-state index in [0.29, 0.717) is 18.7 Å². The summed E-state index contributed by atoms with van der Waals surface area (Å²) in [5, 5.41) is 2.86. The van der Waals surface area contributed by atoms with E-state index < -0.39 is 44.8 Å². The van der Waals surface area contributed by atoms with Gasteiger partial charge < -0.3 is 16.0 Å². The number of nitrogens with one attached hydrogen (secondary N) is 2. The number of nitrogens with two attached hydrogens (primary N) is 1. The van der Waals surface area contributed by atoms with Gasteiger partial charge in [-0.2, -0.15) is 0 Å². The Morgan fingerprint density at radius 1 is 1.02 bits per heavy atom. The lowest BCUT2D eigenvalue weighted by Crippen LogP contribution is -2.49. The standard InChI is InChI=1S/C41H60N4O6S/c1-8-27-22-39(27,36(49)44-52(50,51)33-18-13-12-17-29(33)43-7)24-32(47)30-23-41(38(5,6)40(41)19-14-20-40)25-45(30)35(48)28(37(2,3)4)21-31(46)34(42)26-15-10-9-11-16-26/h8,12-13,17-18,26-28,30,34,43H,1,9-11,14-16,19-25,42H2,2-7H3,(H,44,49)/t27-,28-,30+,34+,39-,41-/m1/s1. The van der Waals surface area contributed by atoms with Crippen molar-refractivity contribution in [3.05, 3.63) is 36.9 Å². The molecule has 11 heteroatoms. The van der Waals surface area contributed by atoms with Gasteiger partial charge in [-0.1, -0.05) is 78.5 Å². The third kappa shape index (κ3) is 6.06. The number of carbonyl (C=O) groups excluding carboxylic acids is 4. The molecule has 52 heavy (non-hydrogen) atoms. The Hall–Kier alpha value is -3.05. The maximum atomic E-state index is 14.9. The molecule has 6 rings (SSSR count). The topological polar surface area (TPSA) is 156 Å². The molecule has 5 fully saturated rings. The van der Waals surface area contributed by atoms with Crippen molar-refractivity contribution in [2.45, 2.75) is 129 Å². The van der Waals surface area contributed by atoms with Crippen LogP contribution in [0.15, 0.2) is 41.8 Å². The third-order valence-electron chi connectivity index (χ3n) is 14.8. The first-order valence-electron chi connectivity index (χ1n) is 19.4. The summed E-state index contributed by atoms with van der Waals surface area (Å²) in [6, 6.07) is 4.92. The van der Waals surface area contributed by atoms with Crippen LogP contribution in [0.1, 0.15) is 112 Å². The van der Waals surface area contributed by atoms with Gasteiger partial charge in [-0.3, -0.25) is 19.2 Å². The first kappa shape index (κ1) is 38.7. The third-order valence-corrected chi connectivity index (χ3v) is 16.2. The molecule has 1 aromatic carbocycles. The zero-order valence-electron chi connectivity index (χ0n) is 32.1. The number of Topliss-reactive ketones (excluding diaryl/α,β-unsaturated/α-hetero) is 2. The fourth-order valence-electron chi connectivity index (χ4n) is 11.0. The Morgan fingerprint density at radius 2 is 1.67 bits per heavy atom. The minimum Gasteiger partial charge on any atom is -0.387 e. The summed E-state index contributed by atoms with van der Waals surface area (Å²) in [4.78, 5) is 59.1.